The third-order valence-electron chi connectivity index (χ3n) is 2.84. The number of carbonyl (C=O) groups is 1. The minimum Gasteiger partial charge on any atom is -0.465 e. The summed E-state index contributed by atoms with van der Waals surface area (Å²) in [6.07, 6.45) is 4.43. The topological polar surface area (TPSA) is 80.0 Å². The van der Waals surface area contributed by atoms with Gasteiger partial charge in [-0.1, -0.05) is 17.7 Å². The molecular weight excluding hydrogens is 395 g/mol. The second-order valence-electron chi connectivity index (χ2n) is 4.11. The van der Waals surface area contributed by atoms with Crippen molar-refractivity contribution in [3.63, 3.8) is 0 Å². The fourth-order valence-electron chi connectivity index (χ4n) is 1.90. The Balaban J connectivity index is 2.20. The van der Waals surface area contributed by atoms with E-state index in [0.717, 1.165) is 14.6 Å². The molecule has 0 aliphatic carbocycles. The first kappa shape index (κ1) is 15.0. The molecule has 0 radical (unpaired) electrons. The molecule has 2 heterocycles. The Labute approximate surface area is 134 Å². The number of fused-ring (bicyclic) bond motifs is 1. The van der Waals surface area contributed by atoms with Crippen LogP contribution < -0.4 is 5.32 Å². The van der Waals surface area contributed by atoms with E-state index in [-0.39, 0.29) is 6.04 Å². The Morgan fingerprint density at radius 1 is 1.65 bits per heavy atom. The van der Waals surface area contributed by atoms with E-state index in [0.29, 0.717) is 18.1 Å². The van der Waals surface area contributed by atoms with Crippen molar-refractivity contribution in [1.82, 2.24) is 19.9 Å². The van der Waals surface area contributed by atoms with Crippen LogP contribution in [0.25, 0.3) is 11.0 Å². The van der Waals surface area contributed by atoms with Gasteiger partial charge in [0.1, 0.15) is 17.1 Å². The summed E-state index contributed by atoms with van der Waals surface area (Å²) in [4.78, 5) is 18.8. The van der Waals surface area contributed by atoms with E-state index < -0.39 is 6.09 Å². The molecule has 1 atom stereocenters. The number of aryl methyl sites for hydroxylation is 1. The molecule has 0 saturated heterocycles. The van der Waals surface area contributed by atoms with Crippen molar-refractivity contribution in [3.8, 4) is 0 Å². The molecule has 8 heteroatoms. The Kier molecular flexibility index (Phi) is 4.81. The van der Waals surface area contributed by atoms with E-state index in [4.69, 9.17) is 16.7 Å². The Bertz CT molecular complexity index is 658. The molecule has 0 saturated carbocycles. The zero-order valence-corrected chi connectivity index (χ0v) is 13.3. The standard InChI is InChI=1S/C12H12ClIN4O2/c1-2-7(17-12(19)20)3-4-18-5-8(14)9-10(13)15-6-16-11(9)18/h2,5-7,17H,1,3-4H2,(H,19,20). The van der Waals surface area contributed by atoms with Crippen LogP contribution in [0.2, 0.25) is 5.15 Å². The maximum atomic E-state index is 10.6. The second kappa shape index (κ2) is 6.40. The molecule has 2 N–H and O–H groups in total. The number of carboxylic acid groups (broad SMARTS) is 1. The quantitative estimate of drug-likeness (QED) is 0.455. The first-order chi connectivity index (χ1) is 9.52. The fourth-order valence-corrected chi connectivity index (χ4v) is 3.12. The number of hydrogen-bond donors (Lipinski definition) is 2. The lowest BCUT2D eigenvalue weighted by atomic mass is 10.2. The van der Waals surface area contributed by atoms with Crippen molar-refractivity contribution < 1.29 is 9.90 Å². The summed E-state index contributed by atoms with van der Waals surface area (Å²) in [6, 6.07) is -0.306. The Morgan fingerprint density at radius 3 is 3.05 bits per heavy atom. The van der Waals surface area contributed by atoms with E-state index in [1.807, 2.05) is 10.8 Å². The van der Waals surface area contributed by atoms with Crippen molar-refractivity contribution in [2.75, 3.05) is 0 Å². The number of rotatable bonds is 5. The summed E-state index contributed by atoms with van der Waals surface area (Å²) >= 11 is 8.23. The van der Waals surface area contributed by atoms with Crippen LogP contribution >= 0.6 is 34.2 Å². The third kappa shape index (κ3) is 3.21. The molecule has 0 spiro atoms. The normalized spacial score (nSPS) is 12.3. The molecule has 6 nitrogen and oxygen atoms in total. The van der Waals surface area contributed by atoms with E-state index in [9.17, 15) is 4.79 Å². The summed E-state index contributed by atoms with van der Waals surface area (Å²) in [5, 5.41) is 12.3. The van der Waals surface area contributed by atoms with Gasteiger partial charge < -0.3 is 15.0 Å². The highest BCUT2D eigenvalue weighted by atomic mass is 127. The molecule has 1 amide bonds. The number of nitrogens with zero attached hydrogens (tertiary/aromatic N) is 3. The zero-order valence-electron chi connectivity index (χ0n) is 10.4. The van der Waals surface area contributed by atoms with Crippen LogP contribution in [0.5, 0.6) is 0 Å². The van der Waals surface area contributed by atoms with Gasteiger partial charge in [-0.25, -0.2) is 14.8 Å². The SMILES string of the molecule is C=CC(CCn1cc(I)c2c(Cl)ncnc21)NC(=O)O. The van der Waals surface area contributed by atoms with Gasteiger partial charge in [-0.2, -0.15) is 0 Å². The van der Waals surface area contributed by atoms with E-state index >= 15 is 0 Å². The zero-order chi connectivity index (χ0) is 14.7. The average molecular weight is 407 g/mol. The first-order valence-corrected chi connectivity index (χ1v) is 7.25. The fraction of sp³-hybridized carbons (Fsp3) is 0.250. The molecule has 0 aliphatic heterocycles. The van der Waals surface area contributed by atoms with Crippen molar-refractivity contribution in [2.24, 2.45) is 0 Å². The summed E-state index contributed by atoms with van der Waals surface area (Å²) in [6.45, 7) is 4.23. The highest BCUT2D eigenvalue weighted by Gasteiger charge is 2.13. The first-order valence-electron chi connectivity index (χ1n) is 5.79. The maximum Gasteiger partial charge on any atom is 0.405 e. The van der Waals surface area contributed by atoms with Crippen LogP contribution in [-0.2, 0) is 6.54 Å². The van der Waals surface area contributed by atoms with Crippen LogP contribution in [0.4, 0.5) is 4.79 Å². The van der Waals surface area contributed by atoms with Crippen molar-refractivity contribution in [1.29, 1.82) is 0 Å². The highest BCUT2D eigenvalue weighted by Crippen LogP contribution is 2.26. The van der Waals surface area contributed by atoms with Crippen LogP contribution in [0.1, 0.15) is 6.42 Å². The molecule has 2 aromatic rings. The van der Waals surface area contributed by atoms with Gasteiger partial charge in [0.15, 0.2) is 0 Å². The van der Waals surface area contributed by atoms with Gasteiger partial charge in [0.05, 0.1) is 11.4 Å². The highest BCUT2D eigenvalue weighted by molar-refractivity contribution is 14.1. The molecule has 2 rings (SSSR count). The van der Waals surface area contributed by atoms with Crippen LogP contribution in [-0.4, -0.2) is 31.8 Å². The lowest BCUT2D eigenvalue weighted by Crippen LogP contribution is -2.32. The molecule has 0 fully saturated rings. The van der Waals surface area contributed by atoms with Gasteiger partial charge in [-0.3, -0.25) is 0 Å². The van der Waals surface area contributed by atoms with Crippen molar-refractivity contribution in [2.45, 2.75) is 19.0 Å². The van der Waals surface area contributed by atoms with E-state index in [2.05, 4.69) is 44.5 Å². The van der Waals surface area contributed by atoms with E-state index in [1.54, 1.807) is 6.08 Å². The lowest BCUT2D eigenvalue weighted by molar-refractivity contribution is 0.191. The van der Waals surface area contributed by atoms with Gasteiger partial charge in [-0.15, -0.1) is 6.58 Å². The predicted octanol–water partition coefficient (Wildman–Crippen LogP) is 2.90. The predicted molar refractivity (Wildman–Crippen MR) is 85.0 cm³/mol. The number of halogens is 2. The summed E-state index contributed by atoms with van der Waals surface area (Å²) < 4.78 is 2.90. The van der Waals surface area contributed by atoms with Crippen LogP contribution in [0.3, 0.4) is 0 Å². The molecular formula is C12H12ClIN4O2. The number of amides is 1. The van der Waals surface area contributed by atoms with Gasteiger partial charge in [-0.05, 0) is 29.0 Å². The Morgan fingerprint density at radius 2 is 2.40 bits per heavy atom. The molecule has 0 bridgehead atoms. The molecule has 1 unspecified atom stereocenters. The minimum absolute atomic E-state index is 0.306. The molecule has 0 aromatic carbocycles. The molecule has 0 aliphatic rings. The largest absolute Gasteiger partial charge is 0.465 e. The molecule has 106 valence electrons. The smallest absolute Gasteiger partial charge is 0.405 e. The molecule has 2 aromatic heterocycles. The summed E-state index contributed by atoms with van der Waals surface area (Å²) in [7, 11) is 0. The number of hydrogen-bond acceptors (Lipinski definition) is 3. The van der Waals surface area contributed by atoms with Gasteiger partial charge >= 0.3 is 6.09 Å². The average Bonchev–Trinajstić information content (AvgIpc) is 2.72. The van der Waals surface area contributed by atoms with Gasteiger partial charge in [0.25, 0.3) is 0 Å². The maximum absolute atomic E-state index is 10.6. The number of nitrogens with one attached hydrogen (secondary N) is 1. The van der Waals surface area contributed by atoms with Gasteiger partial charge in [0.2, 0.25) is 0 Å². The van der Waals surface area contributed by atoms with Crippen molar-refractivity contribution in [3.05, 3.63) is 33.9 Å². The van der Waals surface area contributed by atoms with Crippen molar-refractivity contribution >= 4 is 51.3 Å². The minimum atomic E-state index is -1.06. The van der Waals surface area contributed by atoms with E-state index in [1.165, 1.54) is 6.33 Å². The van der Waals surface area contributed by atoms with Gasteiger partial charge in [0, 0.05) is 16.3 Å². The van der Waals surface area contributed by atoms with Crippen LogP contribution in [0, 0.1) is 3.57 Å². The third-order valence-corrected chi connectivity index (χ3v) is 3.94. The number of aromatic nitrogens is 3. The second-order valence-corrected chi connectivity index (χ2v) is 5.63. The lowest BCUT2D eigenvalue weighted by Gasteiger charge is -2.13. The monoisotopic (exact) mass is 406 g/mol. The Hall–Kier alpha value is -1.35. The summed E-state index contributed by atoms with van der Waals surface area (Å²) in [5.41, 5.74) is 0.743. The molecule has 20 heavy (non-hydrogen) atoms. The van der Waals surface area contributed by atoms with Crippen LogP contribution in [0.15, 0.2) is 25.2 Å². The summed E-state index contributed by atoms with van der Waals surface area (Å²) in [5.74, 6) is 0.